The maximum Gasteiger partial charge on any atom is 0.321 e. The zero-order valence-electron chi connectivity index (χ0n) is 15.1. The van der Waals surface area contributed by atoms with Crippen LogP contribution in [0.25, 0.3) is 0 Å². The summed E-state index contributed by atoms with van der Waals surface area (Å²) in [6.45, 7) is 3.46. The smallest absolute Gasteiger partial charge is 0.321 e. The number of piperidine rings is 1. The van der Waals surface area contributed by atoms with Gasteiger partial charge in [0.1, 0.15) is 0 Å². The molecule has 1 aromatic carbocycles. The van der Waals surface area contributed by atoms with E-state index in [2.05, 4.69) is 16.0 Å². The molecule has 2 aliphatic heterocycles. The van der Waals surface area contributed by atoms with Crippen molar-refractivity contribution in [2.45, 2.75) is 38.5 Å². The van der Waals surface area contributed by atoms with Gasteiger partial charge in [0, 0.05) is 30.4 Å². The molecule has 0 radical (unpaired) electrons. The first-order valence-corrected chi connectivity index (χ1v) is 9.40. The summed E-state index contributed by atoms with van der Waals surface area (Å²) in [4.78, 5) is 26.5. The highest BCUT2D eigenvalue weighted by Crippen LogP contribution is 2.18. The summed E-state index contributed by atoms with van der Waals surface area (Å²) in [6, 6.07) is 7.34. The molecule has 0 aliphatic carbocycles. The van der Waals surface area contributed by atoms with Crippen molar-refractivity contribution >= 4 is 35.7 Å². The third-order valence-corrected chi connectivity index (χ3v) is 5.01. The lowest BCUT2D eigenvalue weighted by Gasteiger charge is -2.22. The summed E-state index contributed by atoms with van der Waals surface area (Å²) in [7, 11) is 0. The van der Waals surface area contributed by atoms with Crippen molar-refractivity contribution in [2.24, 2.45) is 5.92 Å². The van der Waals surface area contributed by atoms with E-state index < -0.39 is 0 Å². The van der Waals surface area contributed by atoms with Crippen LogP contribution in [-0.4, -0.2) is 43.0 Å². The van der Waals surface area contributed by atoms with E-state index in [1.807, 2.05) is 29.2 Å². The van der Waals surface area contributed by atoms with Gasteiger partial charge >= 0.3 is 6.03 Å². The van der Waals surface area contributed by atoms with Crippen molar-refractivity contribution in [1.82, 2.24) is 10.2 Å². The molecule has 0 saturated carbocycles. The number of hydrogen-bond acceptors (Lipinski definition) is 3. The molecule has 6 nitrogen and oxygen atoms in total. The van der Waals surface area contributed by atoms with Gasteiger partial charge < -0.3 is 20.9 Å². The topological polar surface area (TPSA) is 73.5 Å². The molecule has 2 saturated heterocycles. The highest BCUT2D eigenvalue weighted by atomic mass is 35.5. The second-order valence-corrected chi connectivity index (χ2v) is 6.92. The highest BCUT2D eigenvalue weighted by Gasteiger charge is 2.21. The Kier molecular flexibility index (Phi) is 8.19. The molecule has 7 heteroatoms. The molecule has 3 amide bonds. The molecule has 3 rings (SSSR count). The molecule has 0 spiro atoms. The van der Waals surface area contributed by atoms with Gasteiger partial charge in [-0.15, -0.1) is 12.4 Å². The summed E-state index contributed by atoms with van der Waals surface area (Å²) in [5.74, 6) is 0.173. The van der Waals surface area contributed by atoms with Crippen LogP contribution < -0.4 is 16.0 Å². The first-order valence-electron chi connectivity index (χ1n) is 9.40. The second kappa shape index (κ2) is 10.4. The SMILES string of the molecule is Cl.O=C(Nc1ccc(NC(=O)N2CCCCCC2)cc1)C1CCNCC1. The van der Waals surface area contributed by atoms with Crippen LogP contribution in [0.3, 0.4) is 0 Å². The largest absolute Gasteiger partial charge is 0.326 e. The molecular weight excluding hydrogens is 352 g/mol. The number of nitrogens with one attached hydrogen (secondary N) is 3. The fraction of sp³-hybridized carbons (Fsp3) is 0.579. The van der Waals surface area contributed by atoms with E-state index in [1.54, 1.807) is 0 Å². The Labute approximate surface area is 161 Å². The minimum Gasteiger partial charge on any atom is -0.326 e. The zero-order valence-corrected chi connectivity index (χ0v) is 15.9. The van der Waals surface area contributed by atoms with Gasteiger partial charge in [-0.3, -0.25) is 4.79 Å². The Bertz CT molecular complexity index is 580. The van der Waals surface area contributed by atoms with E-state index in [9.17, 15) is 9.59 Å². The van der Waals surface area contributed by atoms with Crippen LogP contribution in [-0.2, 0) is 4.79 Å². The fourth-order valence-corrected chi connectivity index (χ4v) is 3.44. The number of halogens is 1. The first kappa shape index (κ1) is 20.5. The van der Waals surface area contributed by atoms with E-state index in [0.29, 0.717) is 0 Å². The van der Waals surface area contributed by atoms with Crippen molar-refractivity contribution < 1.29 is 9.59 Å². The quantitative estimate of drug-likeness (QED) is 0.751. The average molecular weight is 381 g/mol. The molecule has 0 aromatic heterocycles. The number of carbonyl (C=O) groups is 2. The van der Waals surface area contributed by atoms with E-state index in [4.69, 9.17) is 0 Å². The molecule has 3 N–H and O–H groups in total. The lowest BCUT2D eigenvalue weighted by atomic mass is 9.97. The van der Waals surface area contributed by atoms with Gasteiger partial charge in [-0.25, -0.2) is 4.79 Å². The number of anilines is 2. The summed E-state index contributed by atoms with van der Waals surface area (Å²) >= 11 is 0. The Morgan fingerprint density at radius 2 is 1.42 bits per heavy atom. The van der Waals surface area contributed by atoms with Gasteiger partial charge in [0.2, 0.25) is 5.91 Å². The van der Waals surface area contributed by atoms with E-state index in [0.717, 1.165) is 63.2 Å². The molecule has 0 atom stereocenters. The number of nitrogens with zero attached hydrogens (tertiary/aromatic N) is 1. The van der Waals surface area contributed by atoms with Crippen LogP contribution in [0.2, 0.25) is 0 Å². The monoisotopic (exact) mass is 380 g/mol. The van der Waals surface area contributed by atoms with Crippen molar-refractivity contribution in [3.8, 4) is 0 Å². The summed E-state index contributed by atoms with van der Waals surface area (Å²) < 4.78 is 0. The first-order chi connectivity index (χ1) is 12.2. The van der Waals surface area contributed by atoms with Crippen molar-refractivity contribution in [1.29, 1.82) is 0 Å². The minimum absolute atomic E-state index is 0. The van der Waals surface area contributed by atoms with Crippen LogP contribution >= 0.6 is 12.4 Å². The Hall–Kier alpha value is -1.79. The average Bonchev–Trinajstić information content (AvgIpc) is 2.93. The molecule has 144 valence electrons. The van der Waals surface area contributed by atoms with Gasteiger partial charge in [-0.1, -0.05) is 12.8 Å². The third kappa shape index (κ3) is 5.88. The molecule has 2 fully saturated rings. The number of benzene rings is 1. The Balaban J connectivity index is 0.00000243. The van der Waals surface area contributed by atoms with Gasteiger partial charge in [0.15, 0.2) is 0 Å². The normalized spacial score (nSPS) is 18.4. The zero-order chi connectivity index (χ0) is 17.5. The van der Waals surface area contributed by atoms with Crippen LogP contribution in [0.4, 0.5) is 16.2 Å². The molecular formula is C19H29ClN4O2. The van der Waals surface area contributed by atoms with Gasteiger partial charge in [-0.2, -0.15) is 0 Å². The number of urea groups is 1. The van der Waals surface area contributed by atoms with Crippen molar-refractivity contribution in [3.05, 3.63) is 24.3 Å². The predicted octanol–water partition coefficient (Wildman–Crippen LogP) is 3.45. The summed E-state index contributed by atoms with van der Waals surface area (Å²) in [5.41, 5.74) is 1.53. The number of hydrogen-bond donors (Lipinski definition) is 3. The van der Waals surface area contributed by atoms with Gasteiger partial charge in [0.05, 0.1) is 0 Å². The predicted molar refractivity (Wildman–Crippen MR) is 107 cm³/mol. The molecule has 26 heavy (non-hydrogen) atoms. The van der Waals surface area contributed by atoms with Crippen LogP contribution in [0, 0.1) is 5.92 Å². The summed E-state index contributed by atoms with van der Waals surface area (Å²) in [6.07, 6.45) is 6.33. The lowest BCUT2D eigenvalue weighted by molar-refractivity contribution is -0.120. The molecule has 0 unspecified atom stereocenters. The summed E-state index contributed by atoms with van der Waals surface area (Å²) in [5, 5.41) is 9.19. The van der Waals surface area contributed by atoms with Crippen LogP contribution in [0.1, 0.15) is 38.5 Å². The number of rotatable bonds is 3. The molecule has 1 aromatic rings. The van der Waals surface area contributed by atoms with E-state index in [-0.39, 0.29) is 30.3 Å². The Morgan fingerprint density at radius 1 is 0.885 bits per heavy atom. The third-order valence-electron chi connectivity index (χ3n) is 5.01. The van der Waals surface area contributed by atoms with E-state index >= 15 is 0 Å². The van der Waals surface area contributed by atoms with Gasteiger partial charge in [0.25, 0.3) is 0 Å². The van der Waals surface area contributed by atoms with Crippen LogP contribution in [0.5, 0.6) is 0 Å². The van der Waals surface area contributed by atoms with Crippen molar-refractivity contribution in [2.75, 3.05) is 36.8 Å². The fourth-order valence-electron chi connectivity index (χ4n) is 3.44. The Morgan fingerprint density at radius 3 is 2.00 bits per heavy atom. The molecule has 2 heterocycles. The second-order valence-electron chi connectivity index (χ2n) is 6.92. The molecule has 0 bridgehead atoms. The number of amides is 3. The molecule has 2 aliphatic rings. The minimum atomic E-state index is -0.0339. The maximum absolute atomic E-state index is 12.3. The van der Waals surface area contributed by atoms with E-state index in [1.165, 1.54) is 12.8 Å². The van der Waals surface area contributed by atoms with Gasteiger partial charge in [-0.05, 0) is 63.0 Å². The maximum atomic E-state index is 12.3. The highest BCUT2D eigenvalue weighted by molar-refractivity contribution is 5.93. The van der Waals surface area contributed by atoms with Crippen molar-refractivity contribution in [3.63, 3.8) is 0 Å². The number of carbonyl (C=O) groups excluding carboxylic acids is 2. The standard InChI is InChI=1S/C19H28N4O2.ClH/c24-18(15-9-11-20-12-10-15)21-16-5-7-17(8-6-16)22-19(25)23-13-3-1-2-4-14-23;/h5-8,15,20H,1-4,9-14H2,(H,21,24)(H,22,25);1H. The van der Waals surface area contributed by atoms with Crippen LogP contribution in [0.15, 0.2) is 24.3 Å². The number of likely N-dealkylation sites (tertiary alicyclic amines) is 1. The lowest BCUT2D eigenvalue weighted by Crippen LogP contribution is -2.35.